The summed E-state index contributed by atoms with van der Waals surface area (Å²) in [5.74, 6) is -1.15. The van der Waals surface area contributed by atoms with Crippen molar-refractivity contribution in [3.8, 4) is 17.3 Å². The third-order valence-electron chi connectivity index (χ3n) is 6.70. The third kappa shape index (κ3) is 5.70. The minimum absolute atomic E-state index is 0.0341. The van der Waals surface area contributed by atoms with Gasteiger partial charge in [-0.1, -0.05) is 26.0 Å². The van der Waals surface area contributed by atoms with Crippen LogP contribution in [0.25, 0.3) is 28.1 Å². The van der Waals surface area contributed by atoms with Crippen LogP contribution >= 0.6 is 0 Å². The summed E-state index contributed by atoms with van der Waals surface area (Å²) in [5.41, 5.74) is 6.97. The van der Waals surface area contributed by atoms with Crippen LogP contribution in [0.15, 0.2) is 42.6 Å². The monoisotopic (exact) mass is 560 g/mol. The Bertz CT molecular complexity index is 1540. The number of rotatable bonds is 8. The highest BCUT2D eigenvalue weighted by atomic mass is 19.4. The molecule has 4 heterocycles. The lowest BCUT2D eigenvalue weighted by molar-refractivity contribution is -0.183. The van der Waals surface area contributed by atoms with Crippen molar-refractivity contribution in [1.29, 1.82) is 0 Å². The Morgan fingerprint density at radius 3 is 2.65 bits per heavy atom. The second-order valence-electron chi connectivity index (χ2n) is 10.0. The molecular weight excluding hydrogens is 532 g/mol. The highest BCUT2D eigenvalue weighted by Crippen LogP contribution is 2.39. The van der Waals surface area contributed by atoms with Crippen molar-refractivity contribution in [1.82, 2.24) is 24.5 Å². The van der Waals surface area contributed by atoms with Gasteiger partial charge in [0.25, 0.3) is 0 Å². The quantitative estimate of drug-likeness (QED) is 0.193. The molecular formula is C27H28F4N6O3. The summed E-state index contributed by atoms with van der Waals surface area (Å²) < 4.78 is 69.1. The molecule has 40 heavy (non-hydrogen) atoms. The topological polar surface area (TPSA) is 108 Å². The molecule has 1 aliphatic rings. The highest BCUT2D eigenvalue weighted by Gasteiger charge is 2.46. The van der Waals surface area contributed by atoms with Gasteiger partial charge in [0, 0.05) is 36.8 Å². The Morgan fingerprint density at radius 2 is 1.95 bits per heavy atom. The van der Waals surface area contributed by atoms with Gasteiger partial charge in [-0.05, 0) is 30.2 Å². The smallest absolute Gasteiger partial charge is 0.408 e. The zero-order valence-electron chi connectivity index (χ0n) is 21.9. The zero-order valence-corrected chi connectivity index (χ0v) is 21.9. The summed E-state index contributed by atoms with van der Waals surface area (Å²) in [6, 6.07) is 6.63. The zero-order chi connectivity index (χ0) is 28.6. The number of carbonyl (C=O) groups is 1. The van der Waals surface area contributed by atoms with Crippen molar-refractivity contribution in [3.05, 3.63) is 54.0 Å². The molecule has 1 aliphatic heterocycles. The number of nitrogens with two attached hydrogens (primary N) is 1. The van der Waals surface area contributed by atoms with Crippen LogP contribution in [0.3, 0.4) is 0 Å². The molecule has 0 spiro atoms. The Labute approximate surface area is 226 Å². The fraction of sp³-hybridized carbons (Fsp3) is 0.407. The molecule has 0 bridgehead atoms. The maximum Gasteiger partial charge on any atom is 0.408 e. The highest BCUT2D eigenvalue weighted by molar-refractivity contribution is 5.82. The lowest BCUT2D eigenvalue weighted by Gasteiger charge is -2.30. The van der Waals surface area contributed by atoms with Crippen molar-refractivity contribution in [2.75, 3.05) is 26.3 Å². The van der Waals surface area contributed by atoms with Crippen molar-refractivity contribution in [2.24, 2.45) is 11.7 Å². The molecule has 2 N–H and O–H groups in total. The molecule has 0 saturated carbocycles. The second-order valence-corrected chi connectivity index (χ2v) is 10.0. The van der Waals surface area contributed by atoms with E-state index in [-0.39, 0.29) is 61.4 Å². The first-order valence-electron chi connectivity index (χ1n) is 12.8. The van der Waals surface area contributed by atoms with Gasteiger partial charge in [0.05, 0.1) is 11.4 Å². The third-order valence-corrected chi connectivity index (χ3v) is 6.70. The van der Waals surface area contributed by atoms with Crippen LogP contribution in [0.5, 0.6) is 5.75 Å². The number of esters is 1. The largest absolute Gasteiger partial charge is 0.487 e. The Hall–Kier alpha value is -3.84. The van der Waals surface area contributed by atoms with Gasteiger partial charge in [-0.3, -0.25) is 14.1 Å². The number of halogens is 4. The molecule has 3 aromatic heterocycles. The van der Waals surface area contributed by atoms with Crippen molar-refractivity contribution >= 4 is 22.5 Å². The molecule has 9 nitrogen and oxygen atoms in total. The molecule has 0 amide bonds. The number of fused-ring (bicyclic) bond motifs is 2. The van der Waals surface area contributed by atoms with Crippen LogP contribution in [0.2, 0.25) is 0 Å². The number of likely N-dealkylation sites (tertiary alicyclic amines) is 1. The van der Waals surface area contributed by atoms with E-state index in [4.69, 9.17) is 15.2 Å². The summed E-state index contributed by atoms with van der Waals surface area (Å²) >= 11 is 0. The molecule has 13 heteroatoms. The molecule has 0 aliphatic carbocycles. The van der Waals surface area contributed by atoms with Gasteiger partial charge in [-0.2, -0.15) is 13.2 Å². The number of aromatic nitrogens is 4. The summed E-state index contributed by atoms with van der Waals surface area (Å²) in [5, 5.41) is 8.73. The van der Waals surface area contributed by atoms with Gasteiger partial charge >= 0.3 is 12.1 Å². The first-order valence-corrected chi connectivity index (χ1v) is 12.8. The van der Waals surface area contributed by atoms with Crippen molar-refractivity contribution < 1.29 is 31.8 Å². The molecule has 1 saturated heterocycles. The first-order chi connectivity index (χ1) is 19.0. The standard InChI is InChI=1S/C27H28F4N6O3/c1-15(2)26(38)40-10-9-39-22-12-21-16(11-19(22)28)3-5-20(33-21)25-35-34-23-6-4-17(13-37(23)25)24(27(29,30)31)36-8-7-18(32)14-36/h3-6,11-13,15,18,24H,7-10,14,32H2,1-2H3. The van der Waals surface area contributed by atoms with E-state index in [1.807, 2.05) is 0 Å². The molecule has 2 unspecified atom stereocenters. The fourth-order valence-corrected chi connectivity index (χ4v) is 4.72. The van der Waals surface area contributed by atoms with Crippen LogP contribution in [0, 0.1) is 11.7 Å². The lowest BCUT2D eigenvalue weighted by Crippen LogP contribution is -2.38. The Morgan fingerprint density at radius 1 is 1.15 bits per heavy atom. The number of hydrogen-bond acceptors (Lipinski definition) is 8. The number of pyridine rings is 2. The number of nitrogens with zero attached hydrogens (tertiary/aromatic N) is 5. The maximum absolute atomic E-state index is 14.6. The van der Waals surface area contributed by atoms with E-state index < -0.39 is 18.0 Å². The normalized spacial score (nSPS) is 17.1. The summed E-state index contributed by atoms with van der Waals surface area (Å²) in [4.78, 5) is 17.5. The average molecular weight is 561 g/mol. The second kappa shape index (κ2) is 11.0. The minimum atomic E-state index is -4.51. The van der Waals surface area contributed by atoms with Crippen molar-refractivity contribution in [3.63, 3.8) is 0 Å². The van der Waals surface area contributed by atoms with E-state index in [2.05, 4.69) is 15.2 Å². The van der Waals surface area contributed by atoms with Crippen LogP contribution in [0.4, 0.5) is 17.6 Å². The van der Waals surface area contributed by atoms with Gasteiger partial charge in [0.15, 0.2) is 23.0 Å². The Balaban J connectivity index is 1.44. The first kappa shape index (κ1) is 27.7. The van der Waals surface area contributed by atoms with E-state index in [9.17, 15) is 22.4 Å². The molecule has 5 rings (SSSR count). The van der Waals surface area contributed by atoms with Crippen LogP contribution in [-0.4, -0.2) is 69.0 Å². The molecule has 1 aromatic carbocycles. The predicted octanol–water partition coefficient (Wildman–Crippen LogP) is 4.30. The summed E-state index contributed by atoms with van der Waals surface area (Å²) in [6.07, 6.45) is -2.65. The molecule has 0 radical (unpaired) electrons. The van der Waals surface area contributed by atoms with Gasteiger partial charge in [0.2, 0.25) is 0 Å². The van der Waals surface area contributed by atoms with Crippen LogP contribution in [0.1, 0.15) is 31.9 Å². The summed E-state index contributed by atoms with van der Waals surface area (Å²) in [7, 11) is 0. The van der Waals surface area contributed by atoms with Gasteiger partial charge in [-0.15, -0.1) is 10.2 Å². The molecule has 4 aromatic rings. The predicted molar refractivity (Wildman–Crippen MR) is 138 cm³/mol. The van der Waals surface area contributed by atoms with Gasteiger partial charge in [-0.25, -0.2) is 9.37 Å². The number of carbonyl (C=O) groups excluding carboxylic acids is 1. The minimum Gasteiger partial charge on any atom is -0.487 e. The average Bonchev–Trinajstić information content (AvgIpc) is 3.51. The SMILES string of the molecule is CC(C)C(=O)OCCOc1cc2nc(-c3nnc4ccc(C(N5CCC(N)C5)C(F)(F)F)cn34)ccc2cc1F. The lowest BCUT2D eigenvalue weighted by atomic mass is 10.1. The molecule has 212 valence electrons. The van der Waals surface area contributed by atoms with E-state index >= 15 is 0 Å². The van der Waals surface area contributed by atoms with Crippen LogP contribution in [-0.2, 0) is 9.53 Å². The van der Waals surface area contributed by atoms with Crippen LogP contribution < -0.4 is 10.5 Å². The summed E-state index contributed by atoms with van der Waals surface area (Å²) in [6.45, 7) is 3.69. The van der Waals surface area contributed by atoms with Gasteiger partial charge < -0.3 is 15.2 Å². The number of benzene rings is 1. The van der Waals surface area contributed by atoms with Crippen molar-refractivity contribution in [2.45, 2.75) is 38.5 Å². The Kier molecular flexibility index (Phi) is 7.60. The fourth-order valence-electron chi connectivity index (χ4n) is 4.72. The van der Waals surface area contributed by atoms with Gasteiger partial charge in [0.1, 0.15) is 24.9 Å². The van der Waals surface area contributed by atoms with E-state index in [0.717, 1.165) is 0 Å². The number of alkyl halides is 3. The number of hydrogen-bond donors (Lipinski definition) is 1. The number of ether oxygens (including phenoxy) is 2. The molecule has 2 atom stereocenters. The van der Waals surface area contributed by atoms with E-state index in [1.165, 1.54) is 39.8 Å². The van der Waals surface area contributed by atoms with E-state index in [0.29, 0.717) is 28.7 Å². The molecule has 1 fully saturated rings. The maximum atomic E-state index is 14.6. The van der Waals surface area contributed by atoms with E-state index in [1.54, 1.807) is 26.0 Å².